The van der Waals surface area contributed by atoms with Gasteiger partial charge >= 0.3 is 0 Å². The van der Waals surface area contributed by atoms with Gasteiger partial charge in [0.2, 0.25) is 0 Å². The second-order valence-electron chi connectivity index (χ2n) is 12.9. The van der Waals surface area contributed by atoms with Gasteiger partial charge in [-0.1, -0.05) is 71.2 Å². The van der Waals surface area contributed by atoms with Crippen LogP contribution in [0, 0.1) is 22.7 Å². The van der Waals surface area contributed by atoms with Crippen LogP contribution in [0.5, 0.6) is 0 Å². The van der Waals surface area contributed by atoms with Gasteiger partial charge in [0.1, 0.15) is 5.78 Å². The van der Waals surface area contributed by atoms with Crippen LogP contribution in [0.4, 0.5) is 0 Å². The standard InChI is InChI=1S/C25H40Br2O3Si/c1-21(2,31(5,6)30)14-24(29)12-11-23(4)18-9-10-22(3)17(7-8-20(22)28)16(18)13-19(26)25(23,27)15-24/h9,16-17,19,29-30H,7-8,10-15H2,1-6H3/t16?,17?,19?,22-,23+,24+,25?/m0/s1. The number of rotatable bonds is 3. The third-order valence-corrected chi connectivity index (χ3v) is 17.4. The summed E-state index contributed by atoms with van der Waals surface area (Å²) in [7, 11) is -2.41. The molecule has 176 valence electrons. The van der Waals surface area contributed by atoms with Gasteiger partial charge in [0.05, 0.1) is 9.93 Å². The van der Waals surface area contributed by atoms with E-state index >= 15 is 0 Å². The molecular weight excluding hydrogens is 536 g/mol. The van der Waals surface area contributed by atoms with E-state index in [1.165, 1.54) is 5.57 Å². The van der Waals surface area contributed by atoms with E-state index in [4.69, 9.17) is 0 Å². The molecule has 0 aromatic rings. The third kappa shape index (κ3) is 3.47. The third-order valence-electron chi connectivity index (χ3n) is 10.4. The molecule has 2 N–H and O–H groups in total. The zero-order valence-corrected chi connectivity index (χ0v) is 24.2. The predicted molar refractivity (Wildman–Crippen MR) is 136 cm³/mol. The molecule has 4 unspecified atom stereocenters. The van der Waals surface area contributed by atoms with E-state index in [-0.39, 0.29) is 25.0 Å². The summed E-state index contributed by atoms with van der Waals surface area (Å²) in [5.41, 5.74) is 0.529. The Morgan fingerprint density at radius 2 is 1.90 bits per heavy atom. The first kappa shape index (κ1) is 24.6. The number of aliphatic hydroxyl groups is 1. The molecule has 0 aliphatic heterocycles. The van der Waals surface area contributed by atoms with Gasteiger partial charge in [-0.15, -0.1) is 0 Å². The zero-order valence-electron chi connectivity index (χ0n) is 20.0. The predicted octanol–water partition coefficient (Wildman–Crippen LogP) is 6.51. The second kappa shape index (κ2) is 7.25. The average Bonchev–Trinajstić information content (AvgIpc) is 2.92. The molecule has 0 saturated heterocycles. The quantitative estimate of drug-likeness (QED) is 0.229. The summed E-state index contributed by atoms with van der Waals surface area (Å²) >= 11 is 8.30. The van der Waals surface area contributed by atoms with Gasteiger partial charge in [-0.25, -0.2) is 0 Å². The van der Waals surface area contributed by atoms with Crippen LogP contribution >= 0.6 is 31.9 Å². The first-order valence-corrected chi connectivity index (χ1v) is 16.7. The lowest BCUT2D eigenvalue weighted by atomic mass is 9.47. The van der Waals surface area contributed by atoms with Crippen molar-refractivity contribution in [2.24, 2.45) is 22.7 Å². The first-order chi connectivity index (χ1) is 14.0. The highest BCUT2D eigenvalue weighted by molar-refractivity contribution is 9.12. The lowest BCUT2D eigenvalue weighted by Crippen LogP contribution is -2.63. The Bertz CT molecular complexity index is 820. The van der Waals surface area contributed by atoms with Crippen LogP contribution in [-0.4, -0.2) is 38.8 Å². The number of halogens is 2. The molecule has 3 saturated carbocycles. The number of ketones is 1. The summed E-state index contributed by atoms with van der Waals surface area (Å²) in [5.74, 6) is 1.36. The number of fused-ring (bicyclic) bond motifs is 5. The van der Waals surface area contributed by atoms with Crippen molar-refractivity contribution in [2.45, 2.75) is 112 Å². The molecule has 0 radical (unpaired) electrons. The summed E-state index contributed by atoms with van der Waals surface area (Å²) < 4.78 is -0.233. The monoisotopic (exact) mass is 574 g/mol. The van der Waals surface area contributed by atoms with Crippen molar-refractivity contribution >= 4 is 46.0 Å². The maximum atomic E-state index is 12.7. The van der Waals surface area contributed by atoms with Gasteiger partial charge in [-0.2, -0.15) is 0 Å². The largest absolute Gasteiger partial charge is 0.432 e. The van der Waals surface area contributed by atoms with Crippen LogP contribution in [-0.2, 0) is 4.79 Å². The van der Waals surface area contributed by atoms with E-state index in [1.807, 2.05) is 13.1 Å². The first-order valence-electron chi connectivity index (χ1n) is 12.0. The average molecular weight is 576 g/mol. The van der Waals surface area contributed by atoms with Crippen LogP contribution in [0.15, 0.2) is 11.6 Å². The van der Waals surface area contributed by atoms with Gasteiger partial charge in [0, 0.05) is 22.1 Å². The Morgan fingerprint density at radius 3 is 2.52 bits per heavy atom. The van der Waals surface area contributed by atoms with E-state index in [1.54, 1.807) is 0 Å². The maximum absolute atomic E-state index is 12.7. The summed E-state index contributed by atoms with van der Waals surface area (Å²) in [6.45, 7) is 12.8. The molecule has 0 bridgehead atoms. The van der Waals surface area contributed by atoms with Crippen LogP contribution < -0.4 is 0 Å². The van der Waals surface area contributed by atoms with Crippen molar-refractivity contribution in [1.82, 2.24) is 0 Å². The molecule has 7 atom stereocenters. The van der Waals surface area contributed by atoms with Crippen molar-refractivity contribution in [3.8, 4) is 0 Å². The molecular formula is C25H40Br2O3Si. The van der Waals surface area contributed by atoms with E-state index in [9.17, 15) is 14.7 Å². The van der Waals surface area contributed by atoms with Gasteiger partial charge in [-0.05, 0) is 74.9 Å². The van der Waals surface area contributed by atoms with E-state index in [0.29, 0.717) is 30.5 Å². The second-order valence-corrected chi connectivity index (χ2v) is 19.9. The highest BCUT2D eigenvalue weighted by Crippen LogP contribution is 2.70. The van der Waals surface area contributed by atoms with Crippen molar-refractivity contribution in [3.05, 3.63) is 11.6 Å². The van der Waals surface area contributed by atoms with Crippen molar-refractivity contribution < 1.29 is 14.7 Å². The van der Waals surface area contributed by atoms with Gasteiger partial charge in [0.15, 0.2) is 8.32 Å². The maximum Gasteiger partial charge on any atom is 0.188 e. The van der Waals surface area contributed by atoms with Crippen molar-refractivity contribution in [3.63, 3.8) is 0 Å². The molecule has 4 aliphatic rings. The molecule has 3 nitrogen and oxygen atoms in total. The molecule has 0 amide bonds. The smallest absolute Gasteiger partial charge is 0.188 e. The van der Waals surface area contributed by atoms with Crippen molar-refractivity contribution in [2.75, 3.05) is 0 Å². The van der Waals surface area contributed by atoms with E-state index in [2.05, 4.69) is 65.6 Å². The van der Waals surface area contributed by atoms with Crippen LogP contribution in [0.3, 0.4) is 0 Å². The van der Waals surface area contributed by atoms with Gasteiger partial charge in [-0.3, -0.25) is 4.79 Å². The summed E-state index contributed by atoms with van der Waals surface area (Å²) in [6, 6.07) is 0. The SMILES string of the molecule is CC(C)(C[C@]1(O)CC[C@]2(C)C3=CC[C@]4(C)C(=O)CCC4C3CC(Br)C2(Br)C1)[Si](C)(C)O. The fourth-order valence-corrected chi connectivity index (χ4v) is 10.5. The van der Waals surface area contributed by atoms with E-state index < -0.39 is 13.9 Å². The molecule has 3 fully saturated rings. The molecule has 0 heterocycles. The normalized spacial score (nSPS) is 48.0. The molecule has 31 heavy (non-hydrogen) atoms. The molecule has 0 spiro atoms. The van der Waals surface area contributed by atoms with Crippen LogP contribution in [0.25, 0.3) is 0 Å². The lowest BCUT2D eigenvalue weighted by molar-refractivity contribution is -0.127. The number of allylic oxidation sites excluding steroid dienone is 2. The fourth-order valence-electron chi connectivity index (χ4n) is 7.52. The van der Waals surface area contributed by atoms with Gasteiger partial charge in [0.25, 0.3) is 0 Å². The number of carbonyl (C=O) groups excluding carboxylic acids is 1. The molecule has 0 aromatic heterocycles. The number of carbonyl (C=O) groups is 1. The minimum atomic E-state index is -2.41. The molecule has 4 rings (SSSR count). The zero-order chi connectivity index (χ0) is 23.3. The Hall–Kier alpha value is 0.507. The van der Waals surface area contributed by atoms with Crippen molar-refractivity contribution in [1.29, 1.82) is 0 Å². The number of hydrogen-bond donors (Lipinski definition) is 2. The topological polar surface area (TPSA) is 57.5 Å². The Kier molecular flexibility index (Phi) is 5.76. The molecule has 4 aliphatic carbocycles. The van der Waals surface area contributed by atoms with Crippen LogP contribution in [0.2, 0.25) is 18.1 Å². The van der Waals surface area contributed by atoms with Crippen LogP contribution in [0.1, 0.15) is 79.1 Å². The number of hydrogen-bond acceptors (Lipinski definition) is 3. The Labute approximate surface area is 206 Å². The minimum Gasteiger partial charge on any atom is -0.432 e. The number of alkyl halides is 2. The summed E-state index contributed by atoms with van der Waals surface area (Å²) in [6.07, 6.45) is 9.07. The summed E-state index contributed by atoms with van der Waals surface area (Å²) in [4.78, 5) is 23.8. The Balaban J connectivity index is 1.68. The molecule has 6 heteroatoms. The van der Waals surface area contributed by atoms with E-state index in [0.717, 1.165) is 38.5 Å². The minimum absolute atomic E-state index is 0.0421. The highest BCUT2D eigenvalue weighted by Gasteiger charge is 2.66. The summed E-state index contributed by atoms with van der Waals surface area (Å²) in [5, 5.41) is 11.6. The lowest BCUT2D eigenvalue weighted by Gasteiger charge is -2.64. The Morgan fingerprint density at radius 1 is 1.26 bits per heavy atom. The molecule has 0 aromatic carbocycles. The van der Waals surface area contributed by atoms with Gasteiger partial charge < -0.3 is 9.90 Å². The highest BCUT2D eigenvalue weighted by atomic mass is 79.9. The number of Topliss-reactive ketones (excluding diaryl/α,β-unsaturated/α-hetero) is 1. The fraction of sp³-hybridized carbons (Fsp3) is 0.880.